The number of para-hydroxylation sites is 1. The molecule has 7 aromatic carbocycles. The van der Waals surface area contributed by atoms with Gasteiger partial charge in [-0.3, -0.25) is 0 Å². The van der Waals surface area contributed by atoms with Gasteiger partial charge in [0.15, 0.2) is 0 Å². The van der Waals surface area contributed by atoms with E-state index in [1.54, 1.807) is 0 Å². The van der Waals surface area contributed by atoms with Crippen LogP contribution < -0.4 is 14.5 Å². The van der Waals surface area contributed by atoms with Gasteiger partial charge < -0.3 is 19.1 Å². The van der Waals surface area contributed by atoms with Crippen LogP contribution in [0.25, 0.3) is 61.0 Å². The average Bonchev–Trinajstić information content (AvgIpc) is 3.93. The minimum absolute atomic E-state index is 0. The summed E-state index contributed by atoms with van der Waals surface area (Å²) in [5.41, 5.74) is 13.2. The third-order valence-corrected chi connectivity index (χ3v) is 11.8. The zero-order valence-electron chi connectivity index (χ0n) is 36.9. The van der Waals surface area contributed by atoms with Crippen molar-refractivity contribution < 1.29 is 25.8 Å². The molecule has 0 spiro atoms. The predicted molar refractivity (Wildman–Crippen MR) is 261 cm³/mol. The molecule has 0 bridgehead atoms. The fourth-order valence-electron chi connectivity index (χ4n) is 8.74. The molecule has 2 aromatic heterocycles. The molecule has 0 saturated heterocycles. The third-order valence-electron chi connectivity index (χ3n) is 11.8. The Morgan fingerprint density at radius 1 is 0.531 bits per heavy atom. The Labute approximate surface area is 391 Å². The number of fused-ring (bicyclic) bond motifs is 3. The van der Waals surface area contributed by atoms with Crippen LogP contribution in [0.4, 0.5) is 11.4 Å². The normalized spacial score (nSPS) is 12.8. The molecule has 9 aromatic rings. The van der Waals surface area contributed by atoms with E-state index in [2.05, 4.69) is 239 Å². The van der Waals surface area contributed by atoms with E-state index in [-0.39, 0.29) is 31.9 Å². The van der Waals surface area contributed by atoms with E-state index in [4.69, 9.17) is 9.72 Å². The first-order chi connectivity index (χ1) is 30.5. The molecule has 0 radical (unpaired) electrons. The Balaban J connectivity index is 0.00000518. The molecule has 320 valence electrons. The van der Waals surface area contributed by atoms with Crippen LogP contribution in [0.5, 0.6) is 11.5 Å². The summed E-state index contributed by atoms with van der Waals surface area (Å²) in [6.45, 7) is 15.7. The first-order valence-electron chi connectivity index (χ1n) is 21.6. The fraction of sp³-hybridized carbons (Fsp3) is 0.138. The second-order valence-corrected chi connectivity index (χ2v) is 18.3. The molecular formula is C58H49N4OPt-3. The summed E-state index contributed by atoms with van der Waals surface area (Å²) in [5, 5.41) is 2.22. The zero-order valence-corrected chi connectivity index (χ0v) is 39.2. The van der Waals surface area contributed by atoms with Gasteiger partial charge in [-0.2, -0.15) is 6.07 Å². The Hall–Kier alpha value is -6.68. The van der Waals surface area contributed by atoms with E-state index in [1.165, 1.54) is 33.4 Å². The summed E-state index contributed by atoms with van der Waals surface area (Å²) in [6, 6.07) is 64.9. The fourth-order valence-corrected chi connectivity index (χ4v) is 8.74. The van der Waals surface area contributed by atoms with Crippen LogP contribution in [0.1, 0.15) is 52.7 Å². The molecular weight excluding hydrogens is 964 g/mol. The van der Waals surface area contributed by atoms with Gasteiger partial charge in [0.1, 0.15) is 5.82 Å². The van der Waals surface area contributed by atoms with Crippen molar-refractivity contribution in [3.05, 3.63) is 212 Å². The van der Waals surface area contributed by atoms with Crippen LogP contribution in [-0.2, 0) is 31.9 Å². The van der Waals surface area contributed by atoms with E-state index in [9.17, 15) is 0 Å². The second kappa shape index (κ2) is 17.1. The van der Waals surface area contributed by atoms with Crippen molar-refractivity contribution in [3.63, 3.8) is 0 Å². The van der Waals surface area contributed by atoms with Gasteiger partial charge in [0.05, 0.1) is 0 Å². The second-order valence-electron chi connectivity index (χ2n) is 18.3. The van der Waals surface area contributed by atoms with Crippen molar-refractivity contribution in [1.82, 2.24) is 9.55 Å². The molecule has 1 aliphatic heterocycles. The van der Waals surface area contributed by atoms with Crippen LogP contribution in [0.3, 0.4) is 0 Å². The van der Waals surface area contributed by atoms with E-state index < -0.39 is 0 Å². The summed E-state index contributed by atoms with van der Waals surface area (Å²) in [4.78, 5) is 9.17. The number of ether oxygens (including phenoxy) is 1. The molecule has 10 rings (SSSR count). The maximum atomic E-state index is 6.78. The maximum Gasteiger partial charge on any atom is 0.135 e. The predicted octanol–water partition coefficient (Wildman–Crippen LogP) is 15.1. The van der Waals surface area contributed by atoms with Gasteiger partial charge in [0.25, 0.3) is 0 Å². The quantitative estimate of drug-likeness (QED) is 0.142. The van der Waals surface area contributed by atoms with Gasteiger partial charge in [0.2, 0.25) is 0 Å². The number of benzene rings is 7. The van der Waals surface area contributed by atoms with Gasteiger partial charge in [0, 0.05) is 50.0 Å². The smallest absolute Gasteiger partial charge is 0.135 e. The number of hydrogen-bond donors (Lipinski definition) is 0. The SMILES string of the molecule is CC(C)(C)c1ccnc(-n2c3[c-]c(Oc4[c-]c(N5C=CN(c6cc(-c7ccccc7)c(C(C)(C)C)c(-c7ccccc7)c6)[CH-]5)cc(-c5ccccc5)c4)ccc3c3ccccc32)c1.[Pt]. The Morgan fingerprint density at radius 2 is 1.14 bits per heavy atom. The van der Waals surface area contributed by atoms with E-state index in [1.807, 2.05) is 18.3 Å². The molecule has 64 heavy (non-hydrogen) atoms. The van der Waals surface area contributed by atoms with Crippen LogP contribution in [-0.4, -0.2) is 9.55 Å². The average molecular weight is 1010 g/mol. The summed E-state index contributed by atoms with van der Waals surface area (Å²) in [5.74, 6) is 2.03. The number of rotatable bonds is 8. The van der Waals surface area contributed by atoms with Gasteiger partial charge in [-0.15, -0.1) is 53.6 Å². The minimum Gasteiger partial charge on any atom is -0.509 e. The molecule has 0 aliphatic carbocycles. The molecule has 0 saturated carbocycles. The van der Waals surface area contributed by atoms with Crippen LogP contribution in [0.2, 0.25) is 0 Å². The maximum absolute atomic E-state index is 6.78. The monoisotopic (exact) mass is 1010 g/mol. The molecule has 0 fully saturated rings. The van der Waals surface area contributed by atoms with Crippen LogP contribution in [0, 0.1) is 18.8 Å². The zero-order chi connectivity index (χ0) is 43.3. The first kappa shape index (κ1) is 42.6. The van der Waals surface area contributed by atoms with E-state index in [0.29, 0.717) is 11.5 Å². The standard InChI is InChI=1S/C58H49N4O.Pt/c1-57(2,3)44-28-29-59-55(34-44)62-53-25-17-16-24-49(53)50-27-26-47(38-54(50)62)63-48-33-43(40-18-10-7-11-19-40)32-45(35-48)60-30-31-61(39-60)46-36-51(41-20-12-8-13-21-41)56(58(4,5)6)52(37-46)42-22-14-9-15-23-42;/h7-34,36-37,39H,1-6H3;/q-3;. The van der Waals surface area contributed by atoms with Crippen molar-refractivity contribution in [1.29, 1.82) is 0 Å². The number of pyridine rings is 1. The number of aromatic nitrogens is 2. The number of anilines is 2. The molecule has 0 unspecified atom stereocenters. The summed E-state index contributed by atoms with van der Waals surface area (Å²) in [7, 11) is 0. The first-order valence-corrected chi connectivity index (χ1v) is 21.6. The van der Waals surface area contributed by atoms with Crippen LogP contribution >= 0.6 is 0 Å². The van der Waals surface area contributed by atoms with Gasteiger partial charge >= 0.3 is 0 Å². The third kappa shape index (κ3) is 8.29. The minimum atomic E-state index is -0.110. The van der Waals surface area contributed by atoms with Crippen molar-refractivity contribution in [2.45, 2.75) is 52.4 Å². The molecule has 1 aliphatic rings. The van der Waals surface area contributed by atoms with Gasteiger partial charge in [-0.1, -0.05) is 156 Å². The van der Waals surface area contributed by atoms with Crippen molar-refractivity contribution in [3.8, 4) is 50.7 Å². The number of hydrogen-bond acceptors (Lipinski definition) is 4. The molecule has 5 nitrogen and oxygen atoms in total. The topological polar surface area (TPSA) is 33.5 Å². The Morgan fingerprint density at radius 3 is 1.78 bits per heavy atom. The Bertz CT molecular complexity index is 3080. The van der Waals surface area contributed by atoms with E-state index in [0.717, 1.165) is 50.1 Å². The molecule has 0 atom stereocenters. The van der Waals surface area contributed by atoms with Gasteiger partial charge in [-0.05, 0) is 97.9 Å². The summed E-state index contributed by atoms with van der Waals surface area (Å²) < 4.78 is 8.97. The molecule has 0 amide bonds. The molecule has 3 heterocycles. The van der Waals surface area contributed by atoms with Crippen molar-refractivity contribution >= 4 is 33.2 Å². The van der Waals surface area contributed by atoms with E-state index >= 15 is 0 Å². The molecule has 6 heteroatoms. The van der Waals surface area contributed by atoms with Crippen LogP contribution in [0.15, 0.2) is 182 Å². The van der Waals surface area contributed by atoms with Crippen molar-refractivity contribution in [2.75, 3.05) is 9.80 Å². The largest absolute Gasteiger partial charge is 0.509 e. The summed E-state index contributed by atoms with van der Waals surface area (Å²) >= 11 is 0. The van der Waals surface area contributed by atoms with Gasteiger partial charge in [-0.25, -0.2) is 4.98 Å². The summed E-state index contributed by atoms with van der Waals surface area (Å²) in [6.07, 6.45) is 6.10. The Kier molecular flexibility index (Phi) is 11.4. The molecule has 0 N–H and O–H groups in total. The number of nitrogens with zero attached hydrogens (tertiary/aromatic N) is 4. The van der Waals surface area contributed by atoms with Crippen molar-refractivity contribution in [2.24, 2.45) is 0 Å².